The van der Waals surface area contributed by atoms with E-state index >= 15 is 0 Å². The number of phenolic OH excluding ortho intramolecular Hbond substituents is 1. The van der Waals surface area contributed by atoms with E-state index < -0.39 is 35.7 Å². The van der Waals surface area contributed by atoms with Gasteiger partial charge in [0, 0.05) is 23.7 Å². The van der Waals surface area contributed by atoms with Crippen molar-refractivity contribution >= 4 is 17.7 Å². The standard InChI is InChI=1S/C29H37N5O5.C2H6/c1-15-3-6-19(35)11-21(15)29-7-8-34(14-17-4-5-17)16(2)22(29)10-18-9-20(28(39)33-24(18)13-29)27(38)32-23(26(31)37)12-25(30)36;1-2/h3,6,9,11,16-17,22-23,35H,4-5,7-8,10,12-14H2,1-2H3,(H2,30,36)(H2,31,37)(H,32,38)(H,33,39);1-2H3. The lowest BCUT2D eigenvalue weighted by Gasteiger charge is -2.55. The molecule has 1 saturated carbocycles. The smallest absolute Gasteiger partial charge is 0.261 e. The minimum atomic E-state index is -1.30. The van der Waals surface area contributed by atoms with Gasteiger partial charge in [-0.1, -0.05) is 19.9 Å². The van der Waals surface area contributed by atoms with Crippen LogP contribution in [0.3, 0.4) is 0 Å². The molecule has 1 aromatic heterocycles. The number of carbonyl (C=O) groups is 3. The van der Waals surface area contributed by atoms with E-state index in [0.717, 1.165) is 47.8 Å². The Kier molecular flexibility index (Phi) is 8.91. The molecule has 2 heterocycles. The third-order valence-corrected chi connectivity index (χ3v) is 9.11. The number of likely N-dealkylation sites (tertiary alicyclic amines) is 1. The minimum Gasteiger partial charge on any atom is -0.508 e. The molecule has 2 fully saturated rings. The Morgan fingerprint density at radius 3 is 2.54 bits per heavy atom. The first-order valence-corrected chi connectivity index (χ1v) is 14.7. The number of nitrogens with one attached hydrogen (secondary N) is 2. The predicted molar refractivity (Wildman–Crippen MR) is 156 cm³/mol. The Balaban J connectivity index is 0.00000189. The summed E-state index contributed by atoms with van der Waals surface area (Å²) in [6.45, 7) is 10.4. The van der Waals surface area contributed by atoms with Gasteiger partial charge in [0.2, 0.25) is 11.8 Å². The number of amides is 3. The van der Waals surface area contributed by atoms with Crippen molar-refractivity contribution in [3.8, 4) is 5.75 Å². The lowest BCUT2D eigenvalue weighted by atomic mass is 9.55. The van der Waals surface area contributed by atoms with E-state index in [2.05, 4.69) is 29.0 Å². The molecule has 0 bridgehead atoms. The van der Waals surface area contributed by atoms with Crippen LogP contribution in [0.2, 0.25) is 0 Å². The minimum absolute atomic E-state index is 0.135. The topological polar surface area (TPSA) is 172 Å². The van der Waals surface area contributed by atoms with E-state index in [1.165, 1.54) is 12.8 Å². The van der Waals surface area contributed by atoms with Crippen LogP contribution in [0.25, 0.3) is 0 Å². The summed E-state index contributed by atoms with van der Waals surface area (Å²) < 4.78 is 0. The SMILES string of the molecule is CC.Cc1ccc(O)cc1C12CCN(CC3CC3)C(C)C1Cc1cc(C(=O)NC(CC(N)=O)C(N)=O)c(=O)[nH]c1C2. The summed E-state index contributed by atoms with van der Waals surface area (Å²) in [5.74, 6) is -1.31. The molecule has 10 heteroatoms. The van der Waals surface area contributed by atoms with E-state index in [-0.39, 0.29) is 28.7 Å². The van der Waals surface area contributed by atoms with Crippen LogP contribution in [0.1, 0.15) is 79.2 Å². The number of aromatic hydroxyl groups is 1. The number of aromatic nitrogens is 1. The van der Waals surface area contributed by atoms with Gasteiger partial charge in [0.25, 0.3) is 11.5 Å². The fourth-order valence-corrected chi connectivity index (χ4v) is 6.83. The van der Waals surface area contributed by atoms with Crippen molar-refractivity contribution in [2.45, 2.75) is 83.7 Å². The van der Waals surface area contributed by atoms with Crippen molar-refractivity contribution in [3.05, 3.63) is 62.6 Å². The maximum absolute atomic E-state index is 13.1. The summed E-state index contributed by atoms with van der Waals surface area (Å²) in [6.07, 6.45) is 4.22. The predicted octanol–water partition coefficient (Wildman–Crippen LogP) is 2.03. The summed E-state index contributed by atoms with van der Waals surface area (Å²) in [5.41, 5.74) is 13.4. The van der Waals surface area contributed by atoms with Crippen LogP contribution in [0.15, 0.2) is 29.1 Å². The van der Waals surface area contributed by atoms with Crippen LogP contribution in [0, 0.1) is 18.8 Å². The zero-order valence-corrected chi connectivity index (χ0v) is 24.5. The molecule has 3 aliphatic rings. The molecule has 7 N–H and O–H groups in total. The number of H-pyrrole nitrogens is 1. The number of fused-ring (bicyclic) bond motifs is 2. The lowest BCUT2D eigenvalue weighted by molar-refractivity contribution is -0.124. The first kappa shape index (κ1) is 30.3. The normalized spacial score (nSPS) is 24.2. The molecule has 0 radical (unpaired) electrons. The fraction of sp³-hybridized carbons (Fsp3) is 0.548. The number of hydrogen-bond donors (Lipinski definition) is 5. The Hall–Kier alpha value is -3.66. The summed E-state index contributed by atoms with van der Waals surface area (Å²) >= 11 is 0. The van der Waals surface area contributed by atoms with Crippen molar-refractivity contribution in [3.63, 3.8) is 0 Å². The van der Waals surface area contributed by atoms with Crippen LogP contribution >= 0.6 is 0 Å². The Morgan fingerprint density at radius 2 is 1.90 bits per heavy atom. The quantitative estimate of drug-likeness (QED) is 0.328. The van der Waals surface area contributed by atoms with Gasteiger partial charge in [0.05, 0.1) is 6.42 Å². The summed E-state index contributed by atoms with van der Waals surface area (Å²) in [7, 11) is 0. The summed E-state index contributed by atoms with van der Waals surface area (Å²) in [5, 5.41) is 12.8. The Morgan fingerprint density at radius 1 is 1.20 bits per heavy atom. The highest BCUT2D eigenvalue weighted by molar-refractivity contribution is 5.98. The summed E-state index contributed by atoms with van der Waals surface area (Å²) in [6, 6.07) is 6.09. The first-order valence-electron chi connectivity index (χ1n) is 14.7. The number of hydrogen-bond acceptors (Lipinski definition) is 6. The van der Waals surface area contributed by atoms with Gasteiger partial charge in [-0.15, -0.1) is 0 Å². The highest BCUT2D eigenvalue weighted by Crippen LogP contribution is 2.51. The number of piperidine rings is 1. The highest BCUT2D eigenvalue weighted by atomic mass is 16.3. The number of primary amides is 2. The average molecular weight is 566 g/mol. The van der Waals surface area contributed by atoms with Crippen molar-refractivity contribution < 1.29 is 19.5 Å². The van der Waals surface area contributed by atoms with Gasteiger partial charge in [-0.2, -0.15) is 0 Å². The zero-order chi connectivity index (χ0) is 30.1. The third-order valence-electron chi connectivity index (χ3n) is 9.11. The number of benzene rings is 1. The monoisotopic (exact) mass is 565 g/mol. The van der Waals surface area contributed by atoms with E-state index in [9.17, 15) is 24.3 Å². The maximum Gasteiger partial charge on any atom is 0.261 e. The van der Waals surface area contributed by atoms with Gasteiger partial charge < -0.3 is 31.8 Å². The number of nitrogens with zero attached hydrogens (tertiary/aromatic N) is 1. The van der Waals surface area contributed by atoms with Gasteiger partial charge in [0.1, 0.15) is 17.4 Å². The zero-order valence-electron chi connectivity index (χ0n) is 24.5. The molecular weight excluding hydrogens is 522 g/mol. The Bertz CT molecular complexity index is 1380. The van der Waals surface area contributed by atoms with Gasteiger partial charge in [-0.3, -0.25) is 19.2 Å². The van der Waals surface area contributed by atoms with Gasteiger partial charge in [-0.05, 0) is 99.2 Å². The molecule has 41 heavy (non-hydrogen) atoms. The number of aryl methyl sites for hydroxylation is 1. The van der Waals surface area contributed by atoms with Gasteiger partial charge in [-0.25, -0.2) is 0 Å². The molecule has 1 saturated heterocycles. The van der Waals surface area contributed by atoms with E-state index in [0.29, 0.717) is 12.8 Å². The van der Waals surface area contributed by atoms with E-state index in [4.69, 9.17) is 11.5 Å². The van der Waals surface area contributed by atoms with Crippen molar-refractivity contribution in [2.75, 3.05) is 13.1 Å². The van der Waals surface area contributed by atoms with Crippen molar-refractivity contribution in [1.82, 2.24) is 15.2 Å². The number of nitrogens with two attached hydrogens (primary N) is 2. The number of carbonyl (C=O) groups excluding carboxylic acids is 3. The summed E-state index contributed by atoms with van der Waals surface area (Å²) in [4.78, 5) is 54.7. The molecule has 2 aromatic rings. The molecule has 1 aliphatic heterocycles. The van der Waals surface area contributed by atoms with Crippen LogP contribution in [-0.2, 0) is 27.8 Å². The largest absolute Gasteiger partial charge is 0.508 e. The Labute approximate surface area is 240 Å². The van der Waals surface area contributed by atoms with Crippen LogP contribution < -0.4 is 22.3 Å². The molecule has 222 valence electrons. The van der Waals surface area contributed by atoms with Crippen molar-refractivity contribution in [2.24, 2.45) is 23.3 Å². The molecule has 10 nitrogen and oxygen atoms in total. The first-order chi connectivity index (χ1) is 19.5. The molecular formula is C31H43N5O5. The van der Waals surface area contributed by atoms with Crippen LogP contribution in [0.4, 0.5) is 0 Å². The number of phenols is 1. The number of pyridine rings is 1. The van der Waals surface area contributed by atoms with E-state index in [1.807, 2.05) is 26.0 Å². The second-order valence-electron chi connectivity index (χ2n) is 11.7. The van der Waals surface area contributed by atoms with E-state index in [1.54, 1.807) is 12.1 Å². The third kappa shape index (κ3) is 6.17. The fourth-order valence-electron chi connectivity index (χ4n) is 6.83. The van der Waals surface area contributed by atoms with Gasteiger partial charge >= 0.3 is 0 Å². The highest BCUT2D eigenvalue weighted by Gasteiger charge is 2.51. The second-order valence-corrected chi connectivity index (χ2v) is 11.7. The van der Waals surface area contributed by atoms with Crippen molar-refractivity contribution in [1.29, 1.82) is 0 Å². The van der Waals surface area contributed by atoms with Gasteiger partial charge in [0.15, 0.2) is 0 Å². The molecule has 2 aliphatic carbocycles. The van der Waals surface area contributed by atoms with Crippen LogP contribution in [0.5, 0.6) is 5.75 Å². The molecule has 0 spiro atoms. The van der Waals surface area contributed by atoms with Crippen LogP contribution in [-0.4, -0.2) is 57.9 Å². The molecule has 1 aromatic carbocycles. The molecule has 5 rings (SSSR count). The molecule has 3 amide bonds. The molecule has 4 atom stereocenters. The second kappa shape index (κ2) is 12.1. The lowest BCUT2D eigenvalue weighted by Crippen LogP contribution is -2.59. The number of rotatable bonds is 8. The average Bonchev–Trinajstić information content (AvgIpc) is 3.75. The maximum atomic E-state index is 13.1. The molecule has 4 unspecified atom stereocenters. The number of aromatic amines is 1.